The summed E-state index contributed by atoms with van der Waals surface area (Å²) in [6, 6.07) is 5.47. The van der Waals surface area contributed by atoms with Crippen molar-refractivity contribution in [3.05, 3.63) is 47.3 Å². The van der Waals surface area contributed by atoms with Gasteiger partial charge in [0.15, 0.2) is 0 Å². The molecule has 0 radical (unpaired) electrons. The van der Waals surface area contributed by atoms with Crippen molar-refractivity contribution >= 4 is 0 Å². The van der Waals surface area contributed by atoms with Crippen molar-refractivity contribution in [2.45, 2.75) is 52.2 Å². The van der Waals surface area contributed by atoms with Crippen LogP contribution in [-0.2, 0) is 17.8 Å². The Bertz CT molecular complexity index is 439. The summed E-state index contributed by atoms with van der Waals surface area (Å²) in [4.78, 5) is 0. The van der Waals surface area contributed by atoms with Crippen LogP contribution < -0.4 is 0 Å². The molecule has 2 heteroatoms. The predicted octanol–water partition coefficient (Wildman–Crippen LogP) is 4.65. The number of ether oxygens (including phenoxy) is 1. The van der Waals surface area contributed by atoms with E-state index in [-0.39, 0.29) is 11.9 Å². The molecule has 1 aliphatic rings. The van der Waals surface area contributed by atoms with Crippen molar-refractivity contribution in [3.8, 4) is 0 Å². The van der Waals surface area contributed by atoms with Crippen LogP contribution in [0.4, 0.5) is 4.39 Å². The Balaban J connectivity index is 1.89. The summed E-state index contributed by atoms with van der Waals surface area (Å²) in [5.41, 5.74) is 1.72. The van der Waals surface area contributed by atoms with E-state index < -0.39 is 0 Å². The maximum Gasteiger partial charge on any atom is 0.126 e. The lowest BCUT2D eigenvalue weighted by Gasteiger charge is -2.20. The Morgan fingerprint density at radius 2 is 2.11 bits per heavy atom. The van der Waals surface area contributed by atoms with Crippen LogP contribution in [0.5, 0.6) is 0 Å². The van der Waals surface area contributed by atoms with Crippen molar-refractivity contribution in [2.24, 2.45) is 5.92 Å². The first-order valence-electron chi connectivity index (χ1n) is 7.26. The number of halogens is 1. The summed E-state index contributed by atoms with van der Waals surface area (Å²) >= 11 is 0. The lowest BCUT2D eigenvalue weighted by molar-refractivity contribution is 0.0594. The zero-order valence-electron chi connectivity index (χ0n) is 11.9. The molecular weight excluding hydrogens is 239 g/mol. The summed E-state index contributed by atoms with van der Waals surface area (Å²) in [6.45, 7) is 4.77. The summed E-state index contributed by atoms with van der Waals surface area (Å²) in [5, 5.41) is 0. The van der Waals surface area contributed by atoms with Gasteiger partial charge in [0.1, 0.15) is 5.82 Å². The molecule has 1 nitrogen and oxygen atoms in total. The zero-order chi connectivity index (χ0) is 13.7. The van der Waals surface area contributed by atoms with E-state index in [0.29, 0.717) is 12.5 Å². The predicted molar refractivity (Wildman–Crippen MR) is 76.5 cm³/mol. The fraction of sp³-hybridized carbons (Fsp3) is 0.529. The van der Waals surface area contributed by atoms with Gasteiger partial charge in [-0.1, -0.05) is 44.6 Å². The van der Waals surface area contributed by atoms with Gasteiger partial charge in [0.05, 0.1) is 12.7 Å². The number of aryl methyl sites for hydroxylation is 1. The van der Waals surface area contributed by atoms with Crippen molar-refractivity contribution < 1.29 is 9.13 Å². The molecule has 0 aromatic heterocycles. The molecule has 0 saturated heterocycles. The van der Waals surface area contributed by atoms with Gasteiger partial charge in [-0.25, -0.2) is 4.39 Å². The van der Waals surface area contributed by atoms with Crippen LogP contribution in [0.25, 0.3) is 0 Å². The first-order valence-corrected chi connectivity index (χ1v) is 7.26. The molecule has 0 heterocycles. The van der Waals surface area contributed by atoms with Gasteiger partial charge in [0.2, 0.25) is 0 Å². The van der Waals surface area contributed by atoms with Crippen LogP contribution in [0.3, 0.4) is 0 Å². The fourth-order valence-corrected chi connectivity index (χ4v) is 2.43. The largest absolute Gasteiger partial charge is 0.369 e. The van der Waals surface area contributed by atoms with Gasteiger partial charge < -0.3 is 4.74 Å². The minimum Gasteiger partial charge on any atom is -0.369 e. The number of allylic oxidation sites excluding steroid dienone is 1. The number of hydrogen-bond acceptors (Lipinski definition) is 1. The lowest BCUT2D eigenvalue weighted by Crippen LogP contribution is -2.15. The van der Waals surface area contributed by atoms with Crippen molar-refractivity contribution in [2.75, 3.05) is 0 Å². The minimum absolute atomic E-state index is 0.101. The van der Waals surface area contributed by atoms with E-state index in [1.165, 1.54) is 6.42 Å². The van der Waals surface area contributed by atoms with E-state index >= 15 is 0 Å². The van der Waals surface area contributed by atoms with Gasteiger partial charge >= 0.3 is 0 Å². The second-order valence-corrected chi connectivity index (χ2v) is 5.46. The van der Waals surface area contributed by atoms with Crippen LogP contribution in [0.2, 0.25) is 0 Å². The van der Waals surface area contributed by atoms with E-state index in [0.717, 1.165) is 30.4 Å². The molecule has 1 aromatic carbocycles. The zero-order valence-corrected chi connectivity index (χ0v) is 11.9. The third-order valence-corrected chi connectivity index (χ3v) is 3.66. The smallest absolute Gasteiger partial charge is 0.126 e. The first-order chi connectivity index (χ1) is 9.19. The van der Waals surface area contributed by atoms with E-state index in [1.54, 1.807) is 6.07 Å². The second-order valence-electron chi connectivity index (χ2n) is 5.46. The molecule has 19 heavy (non-hydrogen) atoms. The van der Waals surface area contributed by atoms with Gasteiger partial charge in [-0.2, -0.15) is 0 Å². The standard InChI is InChI=1S/C17H23FO/c1-3-4-15-8-7-14(11-17(15)18)12-19-16-9-5-13(2)6-10-16/h5,7-9,11,13,16H,3-4,6,10,12H2,1-2H3. The quantitative estimate of drug-likeness (QED) is 0.702. The maximum atomic E-state index is 13.8. The number of rotatable bonds is 5. The highest BCUT2D eigenvalue weighted by Gasteiger charge is 2.13. The first kappa shape index (κ1) is 14.3. The molecule has 0 saturated carbocycles. The van der Waals surface area contributed by atoms with Gasteiger partial charge in [0, 0.05) is 0 Å². The Labute approximate surface area is 115 Å². The monoisotopic (exact) mass is 262 g/mol. The average Bonchev–Trinajstić information content (AvgIpc) is 2.41. The lowest BCUT2D eigenvalue weighted by atomic mass is 9.96. The Morgan fingerprint density at radius 3 is 2.74 bits per heavy atom. The molecule has 2 unspecified atom stereocenters. The van der Waals surface area contributed by atoms with Crippen LogP contribution in [0, 0.1) is 11.7 Å². The highest BCUT2D eigenvalue weighted by atomic mass is 19.1. The van der Waals surface area contributed by atoms with Gasteiger partial charge in [-0.3, -0.25) is 0 Å². The normalized spacial score (nSPS) is 22.7. The maximum absolute atomic E-state index is 13.8. The minimum atomic E-state index is -0.101. The molecular formula is C17H23FO. The van der Waals surface area contributed by atoms with Gasteiger partial charge in [-0.05, 0) is 42.4 Å². The Hall–Kier alpha value is -1.15. The molecule has 0 fully saturated rings. The molecule has 0 spiro atoms. The fourth-order valence-electron chi connectivity index (χ4n) is 2.43. The van der Waals surface area contributed by atoms with E-state index in [4.69, 9.17) is 4.74 Å². The van der Waals surface area contributed by atoms with Gasteiger partial charge in [0.25, 0.3) is 0 Å². The van der Waals surface area contributed by atoms with E-state index in [2.05, 4.69) is 26.0 Å². The van der Waals surface area contributed by atoms with Crippen molar-refractivity contribution in [3.63, 3.8) is 0 Å². The van der Waals surface area contributed by atoms with E-state index in [9.17, 15) is 4.39 Å². The van der Waals surface area contributed by atoms with Crippen LogP contribution in [-0.4, -0.2) is 6.10 Å². The highest BCUT2D eigenvalue weighted by molar-refractivity contribution is 5.24. The molecule has 2 atom stereocenters. The van der Waals surface area contributed by atoms with Crippen molar-refractivity contribution in [1.29, 1.82) is 0 Å². The average molecular weight is 262 g/mol. The molecule has 0 aliphatic heterocycles. The van der Waals surface area contributed by atoms with Crippen LogP contribution in [0.1, 0.15) is 44.2 Å². The number of hydrogen-bond donors (Lipinski definition) is 0. The molecule has 0 bridgehead atoms. The Morgan fingerprint density at radius 1 is 1.26 bits per heavy atom. The molecule has 1 aromatic rings. The molecule has 0 N–H and O–H groups in total. The topological polar surface area (TPSA) is 9.23 Å². The third-order valence-electron chi connectivity index (χ3n) is 3.66. The van der Waals surface area contributed by atoms with Crippen molar-refractivity contribution in [1.82, 2.24) is 0 Å². The van der Waals surface area contributed by atoms with Gasteiger partial charge in [-0.15, -0.1) is 0 Å². The molecule has 1 aliphatic carbocycles. The summed E-state index contributed by atoms with van der Waals surface area (Å²) in [5.74, 6) is 0.557. The SMILES string of the molecule is CCCc1ccc(COC2C=CC(C)CC2)cc1F. The summed E-state index contributed by atoms with van der Waals surface area (Å²) < 4.78 is 19.6. The summed E-state index contributed by atoms with van der Waals surface area (Å²) in [7, 11) is 0. The second kappa shape index (κ2) is 6.85. The molecule has 104 valence electrons. The van der Waals surface area contributed by atoms with Crippen LogP contribution in [0.15, 0.2) is 30.4 Å². The summed E-state index contributed by atoms with van der Waals surface area (Å²) in [6.07, 6.45) is 8.54. The van der Waals surface area contributed by atoms with Crippen LogP contribution >= 0.6 is 0 Å². The Kier molecular flexibility index (Phi) is 5.15. The molecule has 0 amide bonds. The van der Waals surface area contributed by atoms with E-state index in [1.807, 2.05) is 12.1 Å². The highest BCUT2D eigenvalue weighted by Crippen LogP contribution is 2.20. The molecule has 2 rings (SSSR count). The number of benzene rings is 1. The third kappa shape index (κ3) is 4.17.